The Kier molecular flexibility index (Phi) is 11.3. The van der Waals surface area contributed by atoms with E-state index in [1.54, 1.807) is 0 Å². The van der Waals surface area contributed by atoms with Gasteiger partial charge in [0.05, 0.1) is 0 Å². The predicted molar refractivity (Wildman–Crippen MR) is 72.8 cm³/mol. The average Bonchev–Trinajstić information content (AvgIpc) is 2.26. The number of hydrogen-bond acceptors (Lipinski definition) is 3. The second kappa shape index (κ2) is 11.4. The van der Waals surface area contributed by atoms with E-state index >= 15 is 0 Å². The molecule has 0 aromatic heterocycles. The molecule has 0 aromatic carbocycles. The first-order valence-corrected chi connectivity index (χ1v) is 6.77. The Morgan fingerprint density at radius 3 is 2.00 bits per heavy atom. The molecule has 0 heterocycles. The SMILES string of the molecule is CCN(CCCCCCN)CCCN(C)C. The Labute approximate surface area is 102 Å². The molecule has 0 amide bonds. The lowest BCUT2D eigenvalue weighted by molar-refractivity contribution is 0.261. The van der Waals surface area contributed by atoms with Crippen molar-refractivity contribution in [3.8, 4) is 0 Å². The Hall–Kier alpha value is -0.120. The minimum atomic E-state index is 0.848. The fourth-order valence-corrected chi connectivity index (χ4v) is 1.87. The average molecular weight is 229 g/mol. The van der Waals surface area contributed by atoms with Crippen LogP contribution in [0.5, 0.6) is 0 Å². The molecule has 3 heteroatoms. The van der Waals surface area contributed by atoms with Gasteiger partial charge in [0.25, 0.3) is 0 Å². The molecular formula is C13H31N3. The van der Waals surface area contributed by atoms with Gasteiger partial charge in [-0.1, -0.05) is 19.8 Å². The zero-order chi connectivity index (χ0) is 12.2. The van der Waals surface area contributed by atoms with Gasteiger partial charge in [-0.25, -0.2) is 0 Å². The zero-order valence-corrected chi connectivity index (χ0v) is 11.5. The normalized spacial score (nSPS) is 11.6. The van der Waals surface area contributed by atoms with Gasteiger partial charge in [0.1, 0.15) is 0 Å². The molecule has 0 bridgehead atoms. The van der Waals surface area contributed by atoms with E-state index in [-0.39, 0.29) is 0 Å². The monoisotopic (exact) mass is 229 g/mol. The highest BCUT2D eigenvalue weighted by atomic mass is 15.1. The molecular weight excluding hydrogens is 198 g/mol. The fourth-order valence-electron chi connectivity index (χ4n) is 1.87. The molecule has 0 fully saturated rings. The number of nitrogens with zero attached hydrogens (tertiary/aromatic N) is 2. The van der Waals surface area contributed by atoms with Crippen molar-refractivity contribution in [2.24, 2.45) is 5.73 Å². The van der Waals surface area contributed by atoms with Crippen LogP contribution in [0.25, 0.3) is 0 Å². The predicted octanol–water partition coefficient (Wildman–Crippen LogP) is 1.78. The summed E-state index contributed by atoms with van der Waals surface area (Å²) >= 11 is 0. The van der Waals surface area contributed by atoms with Gasteiger partial charge in [-0.2, -0.15) is 0 Å². The molecule has 0 aliphatic rings. The van der Waals surface area contributed by atoms with Gasteiger partial charge < -0.3 is 15.5 Å². The van der Waals surface area contributed by atoms with Gasteiger partial charge in [0.15, 0.2) is 0 Å². The lowest BCUT2D eigenvalue weighted by atomic mass is 10.2. The van der Waals surface area contributed by atoms with E-state index in [1.807, 2.05) is 0 Å². The molecule has 2 N–H and O–H groups in total. The van der Waals surface area contributed by atoms with Crippen LogP contribution in [0, 0.1) is 0 Å². The van der Waals surface area contributed by atoms with Crippen molar-refractivity contribution in [3.05, 3.63) is 0 Å². The standard InChI is InChI=1S/C13H31N3/c1-4-16(13-9-11-15(2)3)12-8-6-5-7-10-14/h4-14H2,1-3H3. The van der Waals surface area contributed by atoms with Crippen molar-refractivity contribution >= 4 is 0 Å². The molecule has 0 spiro atoms. The molecule has 0 unspecified atom stereocenters. The smallest absolute Gasteiger partial charge is 0.000667 e. The quantitative estimate of drug-likeness (QED) is 0.548. The van der Waals surface area contributed by atoms with Crippen LogP contribution in [-0.2, 0) is 0 Å². The highest BCUT2D eigenvalue weighted by Gasteiger charge is 2.01. The van der Waals surface area contributed by atoms with Crippen LogP contribution in [-0.4, -0.2) is 56.6 Å². The summed E-state index contributed by atoms with van der Waals surface area (Å²) in [6, 6.07) is 0. The molecule has 98 valence electrons. The third-order valence-electron chi connectivity index (χ3n) is 2.96. The van der Waals surface area contributed by atoms with E-state index in [2.05, 4.69) is 30.8 Å². The van der Waals surface area contributed by atoms with Crippen LogP contribution in [0.3, 0.4) is 0 Å². The summed E-state index contributed by atoms with van der Waals surface area (Å²) in [6.45, 7) is 7.99. The minimum absolute atomic E-state index is 0.848. The summed E-state index contributed by atoms with van der Waals surface area (Å²) in [7, 11) is 4.28. The summed E-state index contributed by atoms with van der Waals surface area (Å²) in [4.78, 5) is 4.82. The molecule has 0 aliphatic carbocycles. The van der Waals surface area contributed by atoms with Crippen molar-refractivity contribution in [1.29, 1.82) is 0 Å². The number of unbranched alkanes of at least 4 members (excludes halogenated alkanes) is 3. The Morgan fingerprint density at radius 2 is 1.44 bits per heavy atom. The van der Waals surface area contributed by atoms with Crippen LogP contribution in [0.15, 0.2) is 0 Å². The van der Waals surface area contributed by atoms with E-state index in [4.69, 9.17) is 5.73 Å². The molecule has 0 aromatic rings. The Bertz CT molecular complexity index is 137. The molecule has 3 nitrogen and oxygen atoms in total. The van der Waals surface area contributed by atoms with Gasteiger partial charge in [-0.3, -0.25) is 0 Å². The first kappa shape index (κ1) is 15.9. The van der Waals surface area contributed by atoms with E-state index in [0.717, 1.165) is 6.54 Å². The molecule has 0 saturated carbocycles. The first-order chi connectivity index (χ1) is 7.70. The fraction of sp³-hybridized carbons (Fsp3) is 1.00. The van der Waals surface area contributed by atoms with Crippen molar-refractivity contribution in [2.45, 2.75) is 39.0 Å². The summed E-state index contributed by atoms with van der Waals surface area (Å²) in [5.41, 5.74) is 5.48. The second-order valence-electron chi connectivity index (χ2n) is 4.79. The van der Waals surface area contributed by atoms with E-state index in [9.17, 15) is 0 Å². The zero-order valence-electron chi connectivity index (χ0n) is 11.5. The molecule has 0 radical (unpaired) electrons. The number of hydrogen-bond donors (Lipinski definition) is 1. The van der Waals surface area contributed by atoms with Gasteiger partial charge in [0.2, 0.25) is 0 Å². The van der Waals surface area contributed by atoms with Crippen LogP contribution in [0.4, 0.5) is 0 Å². The highest BCUT2D eigenvalue weighted by Crippen LogP contribution is 2.02. The molecule has 0 rings (SSSR count). The van der Waals surface area contributed by atoms with Gasteiger partial charge in [-0.15, -0.1) is 0 Å². The number of rotatable bonds is 11. The lowest BCUT2D eigenvalue weighted by Crippen LogP contribution is -2.28. The summed E-state index contributed by atoms with van der Waals surface area (Å²) < 4.78 is 0. The highest BCUT2D eigenvalue weighted by molar-refractivity contribution is 4.57. The maximum atomic E-state index is 5.48. The molecule has 0 aliphatic heterocycles. The topological polar surface area (TPSA) is 32.5 Å². The van der Waals surface area contributed by atoms with Crippen LogP contribution in [0.1, 0.15) is 39.0 Å². The maximum absolute atomic E-state index is 5.48. The maximum Gasteiger partial charge on any atom is -0.000667 e. The Morgan fingerprint density at radius 1 is 0.812 bits per heavy atom. The molecule has 0 saturated heterocycles. The Balaban J connectivity index is 3.36. The van der Waals surface area contributed by atoms with Crippen LogP contribution >= 0.6 is 0 Å². The van der Waals surface area contributed by atoms with Crippen molar-refractivity contribution in [3.63, 3.8) is 0 Å². The molecule has 16 heavy (non-hydrogen) atoms. The van der Waals surface area contributed by atoms with Crippen molar-refractivity contribution in [2.75, 3.05) is 46.8 Å². The second-order valence-corrected chi connectivity index (χ2v) is 4.79. The number of nitrogens with two attached hydrogens (primary N) is 1. The van der Waals surface area contributed by atoms with E-state index in [0.29, 0.717) is 0 Å². The third-order valence-corrected chi connectivity index (χ3v) is 2.96. The van der Waals surface area contributed by atoms with Crippen LogP contribution in [0.2, 0.25) is 0 Å². The summed E-state index contributed by atoms with van der Waals surface area (Å²) in [5, 5.41) is 0. The van der Waals surface area contributed by atoms with Gasteiger partial charge >= 0.3 is 0 Å². The summed E-state index contributed by atoms with van der Waals surface area (Å²) in [6.07, 6.45) is 6.43. The van der Waals surface area contributed by atoms with Gasteiger partial charge in [-0.05, 0) is 66.1 Å². The molecule has 0 atom stereocenters. The van der Waals surface area contributed by atoms with Crippen molar-refractivity contribution in [1.82, 2.24) is 9.80 Å². The van der Waals surface area contributed by atoms with E-state index < -0.39 is 0 Å². The lowest BCUT2D eigenvalue weighted by Gasteiger charge is -2.21. The van der Waals surface area contributed by atoms with Gasteiger partial charge in [0, 0.05) is 0 Å². The largest absolute Gasteiger partial charge is 0.330 e. The van der Waals surface area contributed by atoms with Crippen molar-refractivity contribution < 1.29 is 0 Å². The third kappa shape index (κ3) is 10.4. The first-order valence-electron chi connectivity index (χ1n) is 6.77. The minimum Gasteiger partial charge on any atom is -0.330 e. The summed E-state index contributed by atoms with van der Waals surface area (Å²) in [5.74, 6) is 0. The van der Waals surface area contributed by atoms with Crippen LogP contribution < -0.4 is 5.73 Å². The van der Waals surface area contributed by atoms with E-state index in [1.165, 1.54) is 58.3 Å².